The van der Waals surface area contributed by atoms with Crippen molar-refractivity contribution in [2.24, 2.45) is 5.73 Å². The highest BCUT2D eigenvalue weighted by atomic mass is 16.5. The summed E-state index contributed by atoms with van der Waals surface area (Å²) in [6, 6.07) is 7.84. The van der Waals surface area contributed by atoms with Gasteiger partial charge in [0.05, 0.1) is 12.2 Å². The van der Waals surface area contributed by atoms with Crippen LogP contribution in [0.25, 0.3) is 0 Å². The van der Waals surface area contributed by atoms with Gasteiger partial charge in [-0.25, -0.2) is 0 Å². The van der Waals surface area contributed by atoms with Gasteiger partial charge in [-0.05, 0) is 33.3 Å². The summed E-state index contributed by atoms with van der Waals surface area (Å²) in [7, 11) is 1.71. The maximum Gasteiger partial charge on any atom is 0.124 e. The van der Waals surface area contributed by atoms with E-state index in [1.165, 1.54) is 0 Å². The second-order valence-corrected chi connectivity index (χ2v) is 4.75. The molecule has 0 fully saturated rings. The van der Waals surface area contributed by atoms with Gasteiger partial charge in [-0.2, -0.15) is 0 Å². The van der Waals surface area contributed by atoms with Crippen molar-refractivity contribution in [2.45, 2.75) is 38.8 Å². The number of hydrogen-bond acceptors (Lipinski definition) is 3. The van der Waals surface area contributed by atoms with Gasteiger partial charge >= 0.3 is 0 Å². The Bertz CT molecular complexity index is 350. The molecule has 96 valence electrons. The average Bonchev–Trinajstić information content (AvgIpc) is 2.29. The molecule has 2 N–H and O–H groups in total. The van der Waals surface area contributed by atoms with Crippen LogP contribution in [0.2, 0.25) is 0 Å². The molecule has 0 aliphatic rings. The first-order chi connectivity index (χ1) is 8.00. The van der Waals surface area contributed by atoms with E-state index in [1.807, 2.05) is 45.0 Å². The number of para-hydroxylation sites is 1. The Labute approximate surface area is 104 Å². The van der Waals surface area contributed by atoms with Crippen LogP contribution in [0.4, 0.5) is 0 Å². The van der Waals surface area contributed by atoms with E-state index in [2.05, 4.69) is 0 Å². The number of benzene rings is 1. The Hall–Kier alpha value is -1.06. The van der Waals surface area contributed by atoms with Crippen molar-refractivity contribution in [2.75, 3.05) is 13.7 Å². The third kappa shape index (κ3) is 4.02. The largest absolute Gasteiger partial charge is 0.494 e. The zero-order valence-electron chi connectivity index (χ0n) is 11.2. The molecule has 0 spiro atoms. The summed E-state index contributed by atoms with van der Waals surface area (Å²) in [6.45, 7) is 6.70. The van der Waals surface area contributed by atoms with Gasteiger partial charge in [0.15, 0.2) is 0 Å². The summed E-state index contributed by atoms with van der Waals surface area (Å²) in [5.74, 6) is 0.870. The van der Waals surface area contributed by atoms with E-state index in [0.29, 0.717) is 6.61 Å². The number of hydrogen-bond donors (Lipinski definition) is 1. The van der Waals surface area contributed by atoms with Crippen LogP contribution < -0.4 is 10.5 Å². The second-order valence-electron chi connectivity index (χ2n) is 4.75. The fraction of sp³-hybridized carbons (Fsp3) is 0.571. The van der Waals surface area contributed by atoms with Gasteiger partial charge < -0.3 is 15.2 Å². The van der Waals surface area contributed by atoms with E-state index in [1.54, 1.807) is 7.11 Å². The van der Waals surface area contributed by atoms with Gasteiger partial charge in [0.2, 0.25) is 0 Å². The lowest BCUT2D eigenvalue weighted by molar-refractivity contribution is 0.00979. The van der Waals surface area contributed by atoms with E-state index in [-0.39, 0.29) is 11.6 Å². The van der Waals surface area contributed by atoms with Crippen LogP contribution in [-0.4, -0.2) is 19.3 Å². The first-order valence-electron chi connectivity index (χ1n) is 6.02. The molecule has 0 aromatic heterocycles. The number of nitrogens with two attached hydrogens (primary N) is 1. The van der Waals surface area contributed by atoms with Crippen LogP contribution >= 0.6 is 0 Å². The van der Waals surface area contributed by atoms with Crippen molar-refractivity contribution in [1.82, 2.24) is 0 Å². The highest BCUT2D eigenvalue weighted by molar-refractivity contribution is 5.35. The normalized spacial score (nSPS) is 13.5. The fourth-order valence-corrected chi connectivity index (χ4v) is 1.80. The maximum atomic E-state index is 6.23. The van der Waals surface area contributed by atoms with Gasteiger partial charge in [0, 0.05) is 18.7 Å². The molecule has 0 aliphatic carbocycles. The molecular formula is C14H23NO2. The van der Waals surface area contributed by atoms with Gasteiger partial charge in [-0.15, -0.1) is 0 Å². The third-order valence-corrected chi connectivity index (χ3v) is 2.88. The first kappa shape index (κ1) is 14.0. The third-order valence-electron chi connectivity index (χ3n) is 2.88. The lowest BCUT2D eigenvalue weighted by Crippen LogP contribution is -2.29. The van der Waals surface area contributed by atoms with Crippen LogP contribution in [0.1, 0.15) is 38.8 Å². The second kappa shape index (κ2) is 6.03. The van der Waals surface area contributed by atoms with E-state index < -0.39 is 0 Å². The predicted octanol–water partition coefficient (Wildman–Crippen LogP) is 2.90. The van der Waals surface area contributed by atoms with Crippen LogP contribution in [-0.2, 0) is 4.74 Å². The van der Waals surface area contributed by atoms with Gasteiger partial charge in [-0.1, -0.05) is 18.2 Å². The van der Waals surface area contributed by atoms with E-state index in [9.17, 15) is 0 Å². The number of rotatable bonds is 6. The smallest absolute Gasteiger partial charge is 0.124 e. The summed E-state index contributed by atoms with van der Waals surface area (Å²) in [6.07, 6.45) is 0.758. The predicted molar refractivity (Wildman–Crippen MR) is 70.2 cm³/mol. The van der Waals surface area contributed by atoms with Crippen molar-refractivity contribution in [1.29, 1.82) is 0 Å². The van der Waals surface area contributed by atoms with Crippen LogP contribution in [0.3, 0.4) is 0 Å². The number of ether oxygens (including phenoxy) is 2. The minimum absolute atomic E-state index is 0.0762. The fourth-order valence-electron chi connectivity index (χ4n) is 1.80. The quantitative estimate of drug-likeness (QED) is 0.827. The minimum atomic E-state index is -0.223. The Morgan fingerprint density at radius 3 is 2.53 bits per heavy atom. The van der Waals surface area contributed by atoms with Crippen molar-refractivity contribution in [3.8, 4) is 5.75 Å². The minimum Gasteiger partial charge on any atom is -0.494 e. The van der Waals surface area contributed by atoms with Crippen molar-refractivity contribution in [3.05, 3.63) is 29.8 Å². The van der Waals surface area contributed by atoms with Crippen LogP contribution in [0.5, 0.6) is 5.75 Å². The molecule has 1 unspecified atom stereocenters. The molecular weight excluding hydrogens is 214 g/mol. The number of methoxy groups -OCH3 is 1. The Balaban J connectivity index is 2.84. The zero-order valence-corrected chi connectivity index (χ0v) is 11.2. The highest BCUT2D eigenvalue weighted by Gasteiger charge is 2.23. The lowest BCUT2D eigenvalue weighted by Gasteiger charge is -2.27. The van der Waals surface area contributed by atoms with E-state index in [0.717, 1.165) is 17.7 Å². The molecule has 0 saturated heterocycles. The average molecular weight is 237 g/mol. The molecule has 0 radical (unpaired) electrons. The summed E-state index contributed by atoms with van der Waals surface area (Å²) in [5, 5.41) is 0. The summed E-state index contributed by atoms with van der Waals surface area (Å²) >= 11 is 0. The Morgan fingerprint density at radius 2 is 1.94 bits per heavy atom. The molecule has 1 rings (SSSR count). The van der Waals surface area contributed by atoms with Crippen LogP contribution in [0, 0.1) is 0 Å². The zero-order chi connectivity index (χ0) is 12.9. The van der Waals surface area contributed by atoms with Crippen molar-refractivity contribution in [3.63, 3.8) is 0 Å². The Kier molecular flexibility index (Phi) is 4.97. The maximum absolute atomic E-state index is 6.23. The molecule has 1 atom stereocenters. The molecule has 17 heavy (non-hydrogen) atoms. The lowest BCUT2D eigenvalue weighted by atomic mass is 9.94. The van der Waals surface area contributed by atoms with Crippen molar-refractivity contribution < 1.29 is 9.47 Å². The standard InChI is InChI=1S/C14H23NO2/c1-5-17-13-9-7-6-8-11(13)12(15)10-14(2,3)16-4/h6-9,12H,5,10,15H2,1-4H3. The highest BCUT2D eigenvalue weighted by Crippen LogP contribution is 2.30. The Morgan fingerprint density at radius 1 is 1.29 bits per heavy atom. The molecule has 0 saturated carbocycles. The molecule has 0 bridgehead atoms. The molecule has 3 nitrogen and oxygen atoms in total. The van der Waals surface area contributed by atoms with Gasteiger partial charge in [0.25, 0.3) is 0 Å². The van der Waals surface area contributed by atoms with Crippen LogP contribution in [0.15, 0.2) is 24.3 Å². The SMILES string of the molecule is CCOc1ccccc1C(N)CC(C)(C)OC. The summed E-state index contributed by atoms with van der Waals surface area (Å²) < 4.78 is 11.0. The molecule has 1 aromatic rings. The topological polar surface area (TPSA) is 44.5 Å². The van der Waals surface area contributed by atoms with Gasteiger partial charge in [0.1, 0.15) is 5.75 Å². The summed E-state index contributed by atoms with van der Waals surface area (Å²) in [4.78, 5) is 0. The van der Waals surface area contributed by atoms with E-state index in [4.69, 9.17) is 15.2 Å². The van der Waals surface area contributed by atoms with Gasteiger partial charge in [-0.3, -0.25) is 0 Å². The molecule has 0 aliphatic heterocycles. The van der Waals surface area contributed by atoms with Crippen molar-refractivity contribution >= 4 is 0 Å². The molecule has 1 aromatic carbocycles. The van der Waals surface area contributed by atoms with E-state index >= 15 is 0 Å². The summed E-state index contributed by atoms with van der Waals surface area (Å²) in [5.41, 5.74) is 7.05. The monoisotopic (exact) mass is 237 g/mol. The molecule has 0 heterocycles. The molecule has 3 heteroatoms. The first-order valence-corrected chi connectivity index (χ1v) is 6.02. The molecule has 0 amide bonds.